The third kappa shape index (κ3) is 5.59. The Hall–Kier alpha value is -3.32. The van der Waals surface area contributed by atoms with Crippen LogP contribution in [0.1, 0.15) is 17.3 Å². The molecule has 0 radical (unpaired) electrons. The summed E-state index contributed by atoms with van der Waals surface area (Å²) in [5.74, 6) is -0.991. The van der Waals surface area contributed by atoms with Gasteiger partial charge in [0, 0.05) is 22.4 Å². The molecule has 0 aliphatic carbocycles. The molecule has 0 aliphatic heterocycles. The zero-order chi connectivity index (χ0) is 20.7. The molecule has 0 fully saturated rings. The summed E-state index contributed by atoms with van der Waals surface area (Å²) in [6.45, 7) is 1.51. The number of hydrogen-bond donors (Lipinski definition) is 2. The Morgan fingerprint density at radius 2 is 1.68 bits per heavy atom. The van der Waals surface area contributed by atoms with Crippen LogP contribution in [-0.4, -0.2) is 32.0 Å². The predicted molar refractivity (Wildman–Crippen MR) is 107 cm³/mol. The quantitative estimate of drug-likeness (QED) is 0.568. The van der Waals surface area contributed by atoms with Gasteiger partial charge in [-0.2, -0.15) is 0 Å². The number of esters is 1. The van der Waals surface area contributed by atoms with Crippen molar-refractivity contribution in [3.8, 4) is 5.75 Å². The molecule has 28 heavy (non-hydrogen) atoms. The van der Waals surface area contributed by atoms with Gasteiger partial charge in [-0.25, -0.2) is 4.79 Å². The molecule has 0 aliphatic rings. The Morgan fingerprint density at radius 1 is 1.00 bits per heavy atom. The minimum absolute atomic E-state index is 0.190. The van der Waals surface area contributed by atoms with E-state index >= 15 is 0 Å². The summed E-state index contributed by atoms with van der Waals surface area (Å²) in [4.78, 5) is 35.9. The molecular weight excluding hydrogens is 384 g/mol. The van der Waals surface area contributed by atoms with E-state index in [2.05, 4.69) is 15.4 Å². The molecule has 0 spiro atoms. The van der Waals surface area contributed by atoms with Crippen molar-refractivity contribution < 1.29 is 23.9 Å². The lowest BCUT2D eigenvalue weighted by Crippen LogP contribution is -2.16. The Bertz CT molecular complexity index is 923. The van der Waals surface area contributed by atoms with Gasteiger partial charge in [0.25, 0.3) is 5.91 Å². The molecule has 2 aromatic carbocycles. The fourth-order valence-electron chi connectivity index (χ4n) is 2.25. The lowest BCUT2D eigenvalue weighted by atomic mass is 10.2. The molecular formula is C20H19ClN2O5. The van der Waals surface area contributed by atoms with Gasteiger partial charge in [0.05, 0.1) is 25.5 Å². The molecule has 7 nitrogen and oxygen atoms in total. The van der Waals surface area contributed by atoms with Crippen LogP contribution in [0.4, 0.5) is 11.4 Å². The smallest absolute Gasteiger partial charge is 0.337 e. The van der Waals surface area contributed by atoms with Gasteiger partial charge in [0.15, 0.2) is 0 Å². The number of benzene rings is 2. The van der Waals surface area contributed by atoms with Crippen molar-refractivity contribution in [3.63, 3.8) is 0 Å². The molecule has 0 aromatic heterocycles. The number of ether oxygens (including phenoxy) is 2. The normalized spacial score (nSPS) is 10.8. The molecule has 0 atom stereocenters. The summed E-state index contributed by atoms with van der Waals surface area (Å²) < 4.78 is 9.78. The van der Waals surface area contributed by atoms with Crippen LogP contribution < -0.4 is 15.4 Å². The number of amides is 2. The summed E-state index contributed by atoms with van der Waals surface area (Å²) in [5.41, 5.74) is 1.42. The lowest BCUT2D eigenvalue weighted by molar-refractivity contribution is -0.114. The monoisotopic (exact) mass is 402 g/mol. The van der Waals surface area contributed by atoms with Gasteiger partial charge in [-0.1, -0.05) is 11.6 Å². The van der Waals surface area contributed by atoms with E-state index in [-0.39, 0.29) is 5.57 Å². The highest BCUT2D eigenvalue weighted by molar-refractivity contribution is 6.31. The summed E-state index contributed by atoms with van der Waals surface area (Å²) in [6, 6.07) is 11.0. The summed E-state index contributed by atoms with van der Waals surface area (Å²) in [5, 5.41) is 5.70. The first kappa shape index (κ1) is 21.0. The third-order valence-electron chi connectivity index (χ3n) is 3.69. The van der Waals surface area contributed by atoms with Gasteiger partial charge in [-0.3, -0.25) is 9.59 Å². The molecule has 0 saturated heterocycles. The van der Waals surface area contributed by atoms with Crippen molar-refractivity contribution in [2.75, 3.05) is 24.9 Å². The fourth-order valence-corrected chi connectivity index (χ4v) is 2.42. The number of carbonyl (C=O) groups is 3. The number of carbonyl (C=O) groups excluding carboxylic acids is 3. The van der Waals surface area contributed by atoms with E-state index in [0.29, 0.717) is 27.7 Å². The number of nitrogens with one attached hydrogen (secondary N) is 2. The Kier molecular flexibility index (Phi) is 7.17. The van der Waals surface area contributed by atoms with E-state index in [1.807, 2.05) is 0 Å². The first-order valence-corrected chi connectivity index (χ1v) is 8.54. The van der Waals surface area contributed by atoms with Gasteiger partial charge >= 0.3 is 5.97 Å². The third-order valence-corrected chi connectivity index (χ3v) is 3.92. The van der Waals surface area contributed by atoms with Crippen molar-refractivity contribution >= 4 is 40.8 Å². The van der Waals surface area contributed by atoms with E-state index in [1.54, 1.807) is 30.3 Å². The van der Waals surface area contributed by atoms with Gasteiger partial charge < -0.3 is 20.1 Å². The highest BCUT2D eigenvalue weighted by Crippen LogP contribution is 2.27. The molecule has 0 saturated carbocycles. The van der Waals surface area contributed by atoms with Crippen molar-refractivity contribution in [1.82, 2.24) is 0 Å². The van der Waals surface area contributed by atoms with E-state index in [9.17, 15) is 14.4 Å². The van der Waals surface area contributed by atoms with Gasteiger partial charge in [-0.15, -0.1) is 0 Å². The Labute approximate surface area is 167 Å². The van der Waals surface area contributed by atoms with E-state index in [0.717, 1.165) is 0 Å². The predicted octanol–water partition coefficient (Wildman–Crippen LogP) is 3.66. The number of anilines is 2. The van der Waals surface area contributed by atoms with Gasteiger partial charge in [-0.05, 0) is 49.4 Å². The minimum Gasteiger partial charge on any atom is -0.495 e. The summed E-state index contributed by atoms with van der Waals surface area (Å²) >= 11 is 5.93. The molecule has 8 heteroatoms. The maximum Gasteiger partial charge on any atom is 0.337 e. The maximum absolute atomic E-state index is 12.3. The lowest BCUT2D eigenvalue weighted by Gasteiger charge is -2.10. The first-order chi connectivity index (χ1) is 13.3. The van der Waals surface area contributed by atoms with E-state index in [4.69, 9.17) is 16.3 Å². The second kappa shape index (κ2) is 9.57. The topological polar surface area (TPSA) is 93.7 Å². The van der Waals surface area contributed by atoms with Crippen LogP contribution in [0.15, 0.2) is 54.1 Å². The SMILES string of the molecule is COC(=O)c1ccc(NC(=O)/C(C)=C/C(=O)Nc2cc(Cl)ccc2OC)cc1. The standard InChI is InChI=1S/C20H19ClN2O5/c1-12(10-18(24)23-16-11-14(21)6-9-17(16)27-2)19(25)22-15-7-4-13(5-8-15)20(26)28-3/h4-11H,1-3H3,(H,22,25)(H,23,24)/b12-10+. The molecule has 0 heterocycles. The summed E-state index contributed by atoms with van der Waals surface area (Å²) in [7, 11) is 2.76. The average molecular weight is 403 g/mol. The van der Waals surface area contributed by atoms with Crippen LogP contribution in [0.25, 0.3) is 0 Å². The Balaban J connectivity index is 2.04. The van der Waals surface area contributed by atoms with Crippen molar-refractivity contribution in [2.45, 2.75) is 6.92 Å². The molecule has 2 aromatic rings. The fraction of sp³-hybridized carbons (Fsp3) is 0.150. The highest BCUT2D eigenvalue weighted by Gasteiger charge is 2.11. The largest absolute Gasteiger partial charge is 0.495 e. The van der Waals surface area contributed by atoms with Crippen LogP contribution in [-0.2, 0) is 14.3 Å². The maximum atomic E-state index is 12.3. The van der Waals surface area contributed by atoms with Crippen molar-refractivity contribution in [1.29, 1.82) is 0 Å². The van der Waals surface area contributed by atoms with E-state index in [1.165, 1.54) is 39.4 Å². The van der Waals surface area contributed by atoms with Crippen LogP contribution in [0.3, 0.4) is 0 Å². The van der Waals surface area contributed by atoms with Crippen molar-refractivity contribution in [2.24, 2.45) is 0 Å². The van der Waals surface area contributed by atoms with Crippen molar-refractivity contribution in [3.05, 3.63) is 64.7 Å². The second-order valence-corrected chi connectivity index (χ2v) is 6.12. The van der Waals surface area contributed by atoms with Crippen LogP contribution >= 0.6 is 11.6 Å². The molecule has 0 bridgehead atoms. The average Bonchev–Trinajstić information content (AvgIpc) is 2.68. The van der Waals surface area contributed by atoms with Crippen LogP contribution in [0, 0.1) is 0 Å². The second-order valence-electron chi connectivity index (χ2n) is 5.68. The van der Waals surface area contributed by atoms with Gasteiger partial charge in [0.2, 0.25) is 5.91 Å². The Morgan fingerprint density at radius 3 is 2.29 bits per heavy atom. The van der Waals surface area contributed by atoms with Gasteiger partial charge in [0.1, 0.15) is 5.75 Å². The molecule has 0 unspecified atom stereocenters. The zero-order valence-electron chi connectivity index (χ0n) is 15.5. The molecule has 146 valence electrons. The number of rotatable bonds is 6. The molecule has 2 rings (SSSR count). The molecule has 2 N–H and O–H groups in total. The van der Waals surface area contributed by atoms with E-state index < -0.39 is 17.8 Å². The zero-order valence-corrected chi connectivity index (χ0v) is 16.3. The first-order valence-electron chi connectivity index (χ1n) is 8.16. The molecule has 2 amide bonds. The number of methoxy groups -OCH3 is 2. The number of halogens is 1. The summed E-state index contributed by atoms with van der Waals surface area (Å²) in [6.07, 6.45) is 1.17. The minimum atomic E-state index is -0.505. The number of hydrogen-bond acceptors (Lipinski definition) is 5. The highest BCUT2D eigenvalue weighted by atomic mass is 35.5. The van der Waals surface area contributed by atoms with Crippen LogP contribution in [0.5, 0.6) is 5.75 Å². The van der Waals surface area contributed by atoms with Crippen LogP contribution in [0.2, 0.25) is 5.02 Å².